The Kier molecular flexibility index (Phi) is 6.83. The summed E-state index contributed by atoms with van der Waals surface area (Å²) in [6.45, 7) is 7.16. The Labute approximate surface area is 136 Å². The van der Waals surface area contributed by atoms with E-state index in [0.29, 0.717) is 8.58 Å². The molecule has 1 atom stereocenters. The molecular weight excluding hydrogens is 310 g/mol. The molecule has 4 heteroatoms. The molecule has 0 aliphatic rings. The zero-order chi connectivity index (χ0) is 15.9. The lowest BCUT2D eigenvalue weighted by Gasteiger charge is -2.16. The third-order valence-corrected chi connectivity index (χ3v) is 5.95. The minimum Gasteiger partial charge on any atom is -0.467 e. The van der Waals surface area contributed by atoms with Crippen molar-refractivity contribution < 1.29 is 9.47 Å². The van der Waals surface area contributed by atoms with Gasteiger partial charge in [0, 0.05) is 12.4 Å². The van der Waals surface area contributed by atoms with Crippen molar-refractivity contribution in [3.8, 4) is 5.75 Å². The third-order valence-electron chi connectivity index (χ3n) is 3.32. The van der Waals surface area contributed by atoms with Crippen molar-refractivity contribution in [2.24, 2.45) is 0 Å². The van der Waals surface area contributed by atoms with Gasteiger partial charge in [0.1, 0.15) is 5.75 Å². The highest BCUT2D eigenvalue weighted by Crippen LogP contribution is 2.32. The number of hydrogen-bond donors (Lipinski definition) is 0. The van der Waals surface area contributed by atoms with E-state index in [1.54, 1.807) is 7.11 Å². The van der Waals surface area contributed by atoms with Gasteiger partial charge in [-0.05, 0) is 48.9 Å². The largest absolute Gasteiger partial charge is 0.467 e. The molecule has 2 aromatic carbocycles. The van der Waals surface area contributed by atoms with Crippen LogP contribution in [0.3, 0.4) is 0 Å². The van der Waals surface area contributed by atoms with Crippen LogP contribution >= 0.6 is 16.5 Å². The number of ether oxygens (including phenoxy) is 2. The SMILES string of the molecule is COCOc1ccccc1Pc1c(C)cccc1CP(C)C. The Morgan fingerprint density at radius 3 is 2.55 bits per heavy atom. The molecule has 2 nitrogen and oxygen atoms in total. The first-order valence-corrected chi connectivity index (χ1v) is 10.7. The van der Waals surface area contributed by atoms with E-state index in [9.17, 15) is 0 Å². The van der Waals surface area contributed by atoms with E-state index in [1.807, 2.05) is 12.1 Å². The van der Waals surface area contributed by atoms with Gasteiger partial charge >= 0.3 is 0 Å². The summed E-state index contributed by atoms with van der Waals surface area (Å²) in [6.07, 6.45) is 1.18. The predicted octanol–water partition coefficient (Wildman–Crippen LogP) is 3.85. The summed E-state index contributed by atoms with van der Waals surface area (Å²) in [5.41, 5.74) is 2.85. The fourth-order valence-electron chi connectivity index (χ4n) is 2.33. The molecule has 118 valence electrons. The Hall–Kier alpha value is -0.940. The van der Waals surface area contributed by atoms with Gasteiger partial charge in [-0.15, -0.1) is 7.92 Å². The lowest BCUT2D eigenvalue weighted by atomic mass is 10.1. The van der Waals surface area contributed by atoms with Gasteiger partial charge < -0.3 is 9.47 Å². The zero-order valence-electron chi connectivity index (χ0n) is 13.7. The van der Waals surface area contributed by atoms with Crippen LogP contribution < -0.4 is 15.3 Å². The highest BCUT2D eigenvalue weighted by Gasteiger charge is 2.11. The van der Waals surface area contributed by atoms with Crippen molar-refractivity contribution in [1.29, 1.82) is 0 Å². The number of methoxy groups -OCH3 is 1. The molecular formula is C18H24O2P2. The quantitative estimate of drug-likeness (QED) is 0.566. The number of aryl methyl sites for hydroxylation is 1. The fraction of sp³-hybridized carbons (Fsp3) is 0.333. The van der Waals surface area contributed by atoms with Crippen LogP contribution in [-0.2, 0) is 10.9 Å². The molecule has 0 saturated heterocycles. The van der Waals surface area contributed by atoms with E-state index in [2.05, 4.69) is 50.6 Å². The number of para-hydroxylation sites is 1. The minimum atomic E-state index is 0.0562. The highest BCUT2D eigenvalue weighted by molar-refractivity contribution is 7.57. The van der Waals surface area contributed by atoms with Crippen LogP contribution in [0.15, 0.2) is 42.5 Å². The third kappa shape index (κ3) is 4.78. The molecule has 1 unspecified atom stereocenters. The average molecular weight is 334 g/mol. The second-order valence-electron chi connectivity index (χ2n) is 5.52. The number of rotatable bonds is 7. The van der Waals surface area contributed by atoms with E-state index in [4.69, 9.17) is 9.47 Å². The summed E-state index contributed by atoms with van der Waals surface area (Å²) >= 11 is 0. The van der Waals surface area contributed by atoms with Crippen LogP contribution in [0.2, 0.25) is 0 Å². The van der Waals surface area contributed by atoms with Crippen LogP contribution in [0, 0.1) is 6.92 Å². The van der Waals surface area contributed by atoms with Gasteiger partial charge in [0.05, 0.1) is 0 Å². The lowest BCUT2D eigenvalue weighted by Crippen LogP contribution is -2.14. The second-order valence-corrected chi connectivity index (χ2v) is 9.28. The number of hydrogen-bond acceptors (Lipinski definition) is 2. The normalized spacial score (nSPS) is 11.5. The molecule has 0 N–H and O–H groups in total. The monoisotopic (exact) mass is 334 g/mol. The van der Waals surface area contributed by atoms with Crippen LogP contribution in [0.4, 0.5) is 0 Å². The smallest absolute Gasteiger partial charge is 0.188 e. The molecule has 0 heterocycles. The van der Waals surface area contributed by atoms with Crippen molar-refractivity contribution in [1.82, 2.24) is 0 Å². The van der Waals surface area contributed by atoms with Crippen molar-refractivity contribution in [3.05, 3.63) is 53.6 Å². The molecule has 0 amide bonds. The molecule has 0 saturated carbocycles. The number of benzene rings is 2. The Morgan fingerprint density at radius 2 is 1.82 bits per heavy atom. The molecule has 0 radical (unpaired) electrons. The molecule has 0 bridgehead atoms. The summed E-state index contributed by atoms with van der Waals surface area (Å²) in [4.78, 5) is 0. The summed E-state index contributed by atoms with van der Waals surface area (Å²) < 4.78 is 10.7. The van der Waals surface area contributed by atoms with Crippen molar-refractivity contribution in [2.75, 3.05) is 27.2 Å². The highest BCUT2D eigenvalue weighted by atomic mass is 31.1. The molecule has 0 aliphatic heterocycles. The zero-order valence-corrected chi connectivity index (χ0v) is 15.6. The first-order chi connectivity index (χ1) is 10.6. The maximum absolute atomic E-state index is 5.71. The standard InChI is InChI=1S/C18H24O2P2/c1-14-8-7-9-15(12-22(3)4)18(14)21-17-11-6-5-10-16(17)20-13-19-2/h5-11,21H,12-13H2,1-4H3. The van der Waals surface area contributed by atoms with Gasteiger partial charge in [-0.1, -0.05) is 45.0 Å². The van der Waals surface area contributed by atoms with Crippen LogP contribution in [0.1, 0.15) is 11.1 Å². The first kappa shape index (κ1) is 17.4. The molecule has 22 heavy (non-hydrogen) atoms. The summed E-state index contributed by atoms with van der Waals surface area (Å²) in [5, 5.41) is 2.71. The topological polar surface area (TPSA) is 18.5 Å². The van der Waals surface area contributed by atoms with Crippen molar-refractivity contribution in [3.63, 3.8) is 0 Å². The summed E-state index contributed by atoms with van der Waals surface area (Å²) in [6, 6.07) is 14.9. The Bertz CT molecular complexity index is 612. The molecule has 2 rings (SSSR count). The maximum Gasteiger partial charge on any atom is 0.188 e. The minimum absolute atomic E-state index is 0.0562. The van der Waals surface area contributed by atoms with Crippen LogP contribution in [0.25, 0.3) is 0 Å². The molecule has 0 fully saturated rings. The first-order valence-electron chi connectivity index (χ1n) is 7.33. The predicted molar refractivity (Wildman–Crippen MR) is 100 cm³/mol. The van der Waals surface area contributed by atoms with Gasteiger partial charge in [-0.3, -0.25) is 0 Å². The average Bonchev–Trinajstić information content (AvgIpc) is 2.49. The molecule has 0 aromatic heterocycles. The molecule has 0 aliphatic carbocycles. The van der Waals surface area contributed by atoms with E-state index >= 15 is 0 Å². The Balaban J connectivity index is 2.31. The molecule has 2 aromatic rings. The Morgan fingerprint density at radius 1 is 1.05 bits per heavy atom. The van der Waals surface area contributed by atoms with E-state index < -0.39 is 0 Å². The van der Waals surface area contributed by atoms with Crippen LogP contribution in [0.5, 0.6) is 5.75 Å². The summed E-state index contributed by atoms with van der Waals surface area (Å²) in [5.74, 6) is 0.923. The summed E-state index contributed by atoms with van der Waals surface area (Å²) in [7, 11) is 2.32. The van der Waals surface area contributed by atoms with Gasteiger partial charge in [0.2, 0.25) is 0 Å². The fourth-order valence-corrected chi connectivity index (χ4v) is 4.77. The van der Waals surface area contributed by atoms with E-state index in [-0.39, 0.29) is 14.7 Å². The van der Waals surface area contributed by atoms with E-state index in [1.165, 1.54) is 27.9 Å². The van der Waals surface area contributed by atoms with E-state index in [0.717, 1.165) is 5.75 Å². The van der Waals surface area contributed by atoms with Gasteiger partial charge in [0.15, 0.2) is 6.79 Å². The van der Waals surface area contributed by atoms with Crippen molar-refractivity contribution in [2.45, 2.75) is 13.1 Å². The van der Waals surface area contributed by atoms with Crippen LogP contribution in [-0.4, -0.2) is 27.2 Å². The van der Waals surface area contributed by atoms with Crippen molar-refractivity contribution >= 4 is 27.1 Å². The lowest BCUT2D eigenvalue weighted by molar-refractivity contribution is 0.0519. The second kappa shape index (κ2) is 8.63. The maximum atomic E-state index is 5.71. The van der Waals surface area contributed by atoms with Gasteiger partial charge in [-0.25, -0.2) is 0 Å². The van der Waals surface area contributed by atoms with Gasteiger partial charge in [-0.2, -0.15) is 0 Å². The van der Waals surface area contributed by atoms with Gasteiger partial charge in [0.25, 0.3) is 0 Å². The molecule has 0 spiro atoms.